The Hall–Kier alpha value is -2.23. The average Bonchev–Trinajstić information content (AvgIpc) is 2.48. The van der Waals surface area contributed by atoms with E-state index in [1.54, 1.807) is 6.07 Å². The van der Waals surface area contributed by atoms with E-state index in [1.165, 1.54) is 28.9 Å². The molecule has 0 spiro atoms. The first-order valence-corrected chi connectivity index (χ1v) is 6.81. The van der Waals surface area contributed by atoms with Crippen molar-refractivity contribution in [3.8, 4) is 5.75 Å². The first kappa shape index (κ1) is 12.8. The molecule has 104 valence electrons. The van der Waals surface area contributed by atoms with Gasteiger partial charge in [0.25, 0.3) is 0 Å². The fourth-order valence-electron chi connectivity index (χ4n) is 2.54. The van der Waals surface area contributed by atoms with Crippen LogP contribution in [0.5, 0.6) is 5.75 Å². The molecule has 2 aromatic carbocycles. The molecule has 3 rings (SSSR count). The molecular formula is C16H17FN2O. The van der Waals surface area contributed by atoms with Crippen LogP contribution < -0.4 is 10.6 Å². The van der Waals surface area contributed by atoms with Gasteiger partial charge in [-0.05, 0) is 36.1 Å². The predicted octanol–water partition coefficient (Wildman–Crippen LogP) is 3.50. The molecule has 3 nitrogen and oxygen atoms in total. The summed E-state index contributed by atoms with van der Waals surface area (Å²) in [6.07, 6.45) is 2.26. The molecule has 1 heterocycles. The van der Waals surface area contributed by atoms with Crippen molar-refractivity contribution < 1.29 is 9.50 Å². The number of hydrogen-bond donors (Lipinski definition) is 3. The molecule has 2 aromatic rings. The number of aryl methyl sites for hydroxylation is 1. The van der Waals surface area contributed by atoms with Crippen LogP contribution in [-0.4, -0.2) is 11.7 Å². The molecule has 0 saturated heterocycles. The summed E-state index contributed by atoms with van der Waals surface area (Å²) in [5.41, 5.74) is 4.38. The first-order valence-electron chi connectivity index (χ1n) is 6.81. The zero-order valence-electron chi connectivity index (χ0n) is 11.1. The molecule has 0 radical (unpaired) electrons. The molecule has 0 fully saturated rings. The average molecular weight is 272 g/mol. The molecule has 0 saturated carbocycles. The quantitative estimate of drug-likeness (QED) is 0.749. The Morgan fingerprint density at radius 3 is 3.00 bits per heavy atom. The number of rotatable bonds is 3. The molecule has 0 aromatic heterocycles. The van der Waals surface area contributed by atoms with E-state index in [-0.39, 0.29) is 5.75 Å². The van der Waals surface area contributed by atoms with E-state index in [0.29, 0.717) is 12.2 Å². The number of fused-ring (bicyclic) bond motifs is 1. The van der Waals surface area contributed by atoms with Crippen LogP contribution in [0.25, 0.3) is 0 Å². The van der Waals surface area contributed by atoms with Crippen molar-refractivity contribution >= 4 is 11.4 Å². The smallest absolute Gasteiger partial charge is 0.166 e. The normalized spacial score (nSPS) is 13.4. The van der Waals surface area contributed by atoms with E-state index in [9.17, 15) is 9.50 Å². The number of phenolic OH excluding ortho intramolecular Hbond substituents is 1. The molecule has 0 aliphatic carbocycles. The van der Waals surface area contributed by atoms with Gasteiger partial charge in [-0.3, -0.25) is 0 Å². The monoisotopic (exact) mass is 272 g/mol. The number of hydrogen-bond acceptors (Lipinski definition) is 3. The van der Waals surface area contributed by atoms with Gasteiger partial charge in [0, 0.05) is 30.5 Å². The van der Waals surface area contributed by atoms with Crippen LogP contribution in [-0.2, 0) is 13.0 Å². The van der Waals surface area contributed by atoms with Crippen molar-refractivity contribution in [2.75, 3.05) is 17.2 Å². The van der Waals surface area contributed by atoms with Gasteiger partial charge in [-0.15, -0.1) is 0 Å². The first-order chi connectivity index (χ1) is 9.74. The third-order valence-electron chi connectivity index (χ3n) is 3.59. The summed E-state index contributed by atoms with van der Waals surface area (Å²) in [5.74, 6) is -0.933. The van der Waals surface area contributed by atoms with E-state index >= 15 is 0 Å². The number of benzene rings is 2. The summed E-state index contributed by atoms with van der Waals surface area (Å²) in [7, 11) is 0. The predicted molar refractivity (Wildman–Crippen MR) is 78.6 cm³/mol. The van der Waals surface area contributed by atoms with Crippen molar-refractivity contribution in [1.82, 2.24) is 0 Å². The van der Waals surface area contributed by atoms with Gasteiger partial charge in [0.05, 0.1) is 0 Å². The Morgan fingerprint density at radius 2 is 2.15 bits per heavy atom. The summed E-state index contributed by atoms with van der Waals surface area (Å²) in [4.78, 5) is 0. The lowest BCUT2D eigenvalue weighted by atomic mass is 9.99. The summed E-state index contributed by atoms with van der Waals surface area (Å²) < 4.78 is 13.3. The van der Waals surface area contributed by atoms with E-state index in [2.05, 4.69) is 28.8 Å². The third kappa shape index (κ3) is 2.54. The van der Waals surface area contributed by atoms with E-state index < -0.39 is 5.82 Å². The maximum Gasteiger partial charge on any atom is 0.166 e. The van der Waals surface area contributed by atoms with E-state index in [0.717, 1.165) is 19.4 Å². The molecule has 0 atom stereocenters. The summed E-state index contributed by atoms with van der Waals surface area (Å²) in [6, 6.07) is 10.6. The van der Waals surface area contributed by atoms with Crippen LogP contribution in [0.1, 0.15) is 17.5 Å². The van der Waals surface area contributed by atoms with Crippen LogP contribution in [0.15, 0.2) is 36.4 Å². The van der Waals surface area contributed by atoms with Gasteiger partial charge in [-0.1, -0.05) is 18.2 Å². The lowest BCUT2D eigenvalue weighted by Crippen LogP contribution is -2.15. The van der Waals surface area contributed by atoms with Crippen LogP contribution in [0.4, 0.5) is 15.8 Å². The van der Waals surface area contributed by atoms with Gasteiger partial charge >= 0.3 is 0 Å². The number of anilines is 2. The van der Waals surface area contributed by atoms with Gasteiger partial charge in [0.2, 0.25) is 0 Å². The highest BCUT2D eigenvalue weighted by molar-refractivity contribution is 5.60. The highest BCUT2D eigenvalue weighted by Gasteiger charge is 2.12. The molecular weight excluding hydrogens is 255 g/mol. The Labute approximate surface area is 117 Å². The summed E-state index contributed by atoms with van der Waals surface area (Å²) >= 11 is 0. The van der Waals surface area contributed by atoms with Crippen LogP contribution in [0.3, 0.4) is 0 Å². The third-order valence-corrected chi connectivity index (χ3v) is 3.59. The van der Waals surface area contributed by atoms with E-state index in [4.69, 9.17) is 0 Å². The minimum atomic E-state index is -0.608. The largest absolute Gasteiger partial charge is 0.505 e. The second-order valence-corrected chi connectivity index (χ2v) is 5.00. The summed E-state index contributed by atoms with van der Waals surface area (Å²) in [5, 5.41) is 15.8. The molecule has 0 bridgehead atoms. The standard InChI is InChI=1S/C16H17FN2O/c17-14-9-13(6-7-15(14)20)19-10-12-4-1-3-11-5-2-8-18-16(11)12/h1,3-4,6-7,9,18-20H,2,5,8,10H2. The molecule has 1 aliphatic heterocycles. The fourth-order valence-corrected chi connectivity index (χ4v) is 2.54. The van der Waals surface area contributed by atoms with Crippen molar-refractivity contribution in [2.24, 2.45) is 0 Å². The van der Waals surface area contributed by atoms with Crippen molar-refractivity contribution in [1.29, 1.82) is 0 Å². The van der Waals surface area contributed by atoms with Crippen LogP contribution >= 0.6 is 0 Å². The molecule has 0 unspecified atom stereocenters. The zero-order valence-corrected chi connectivity index (χ0v) is 11.1. The van der Waals surface area contributed by atoms with Crippen molar-refractivity contribution in [3.63, 3.8) is 0 Å². The molecule has 1 aliphatic rings. The maximum absolute atomic E-state index is 13.3. The van der Waals surface area contributed by atoms with Crippen molar-refractivity contribution in [2.45, 2.75) is 19.4 Å². The minimum Gasteiger partial charge on any atom is -0.505 e. The Bertz CT molecular complexity index is 628. The lowest BCUT2D eigenvalue weighted by molar-refractivity contribution is 0.432. The fraction of sp³-hybridized carbons (Fsp3) is 0.250. The topological polar surface area (TPSA) is 44.3 Å². The van der Waals surface area contributed by atoms with Gasteiger partial charge in [-0.2, -0.15) is 0 Å². The van der Waals surface area contributed by atoms with Gasteiger partial charge < -0.3 is 15.7 Å². The number of para-hydroxylation sites is 1. The molecule has 4 heteroatoms. The number of aromatic hydroxyl groups is 1. The van der Waals surface area contributed by atoms with Crippen LogP contribution in [0.2, 0.25) is 0 Å². The second kappa shape index (κ2) is 5.41. The van der Waals surface area contributed by atoms with E-state index in [1.807, 2.05) is 0 Å². The minimum absolute atomic E-state index is 0.325. The highest BCUT2D eigenvalue weighted by atomic mass is 19.1. The Morgan fingerprint density at radius 1 is 1.25 bits per heavy atom. The zero-order chi connectivity index (χ0) is 13.9. The molecule has 20 heavy (non-hydrogen) atoms. The summed E-state index contributed by atoms with van der Waals surface area (Å²) in [6.45, 7) is 1.62. The van der Waals surface area contributed by atoms with Crippen molar-refractivity contribution in [3.05, 3.63) is 53.3 Å². The number of halogens is 1. The lowest BCUT2D eigenvalue weighted by Gasteiger charge is -2.21. The molecule has 0 amide bonds. The molecule has 3 N–H and O–H groups in total. The Balaban J connectivity index is 1.76. The van der Waals surface area contributed by atoms with Gasteiger partial charge in [0.15, 0.2) is 11.6 Å². The Kier molecular flexibility index (Phi) is 3.46. The SMILES string of the molecule is Oc1ccc(NCc2cccc3c2NCCC3)cc1F. The van der Waals surface area contributed by atoms with Gasteiger partial charge in [0.1, 0.15) is 0 Å². The van der Waals surface area contributed by atoms with Gasteiger partial charge in [-0.25, -0.2) is 4.39 Å². The maximum atomic E-state index is 13.3. The number of nitrogens with one attached hydrogen (secondary N) is 2. The number of phenols is 1. The van der Waals surface area contributed by atoms with Crippen LogP contribution in [0, 0.1) is 5.82 Å². The second-order valence-electron chi connectivity index (χ2n) is 5.00. The highest BCUT2D eigenvalue weighted by Crippen LogP contribution is 2.27.